The third-order valence-corrected chi connectivity index (χ3v) is 4.42. The van der Waals surface area contributed by atoms with Gasteiger partial charge in [0, 0.05) is 0 Å². The zero-order valence-corrected chi connectivity index (χ0v) is 15.5. The number of rotatable bonds is 4. The minimum Gasteiger partial charge on any atom is -0.401 e. The minimum atomic E-state index is -4.59. The Bertz CT molecular complexity index is 1390. The third-order valence-electron chi connectivity index (χ3n) is 4.42. The molecule has 0 atom stereocenters. The fourth-order valence-electron chi connectivity index (χ4n) is 3.02. The molecular formula is C21H12F3N3O4. The number of nitrogens with zero attached hydrogens (tertiary/aromatic N) is 3. The van der Waals surface area contributed by atoms with Crippen molar-refractivity contribution in [3.63, 3.8) is 0 Å². The summed E-state index contributed by atoms with van der Waals surface area (Å²) in [6.07, 6.45) is -1.91. The van der Waals surface area contributed by atoms with E-state index >= 15 is 0 Å². The van der Waals surface area contributed by atoms with Crippen LogP contribution in [0.4, 0.5) is 19.1 Å². The van der Waals surface area contributed by atoms with Crippen LogP contribution in [0.3, 0.4) is 0 Å². The lowest BCUT2D eigenvalue weighted by Crippen LogP contribution is -2.22. The van der Waals surface area contributed by atoms with E-state index in [0.717, 1.165) is 22.8 Å². The molecule has 0 aliphatic rings. The van der Waals surface area contributed by atoms with Crippen LogP contribution in [0.5, 0.6) is 0 Å². The molecule has 0 radical (unpaired) electrons. The maximum atomic E-state index is 13.2. The predicted octanol–water partition coefficient (Wildman–Crippen LogP) is 5.08. The van der Waals surface area contributed by atoms with E-state index in [0.29, 0.717) is 5.52 Å². The molecular weight excluding hydrogens is 415 g/mol. The highest BCUT2D eigenvalue weighted by Gasteiger charge is 2.30. The SMILES string of the molecule is O=c1c2ccccc2nc(/C=C/c2ccc([N+](=O)[O-])o2)n1-c1cccc(C(F)(F)F)c1. The lowest BCUT2D eigenvalue weighted by molar-refractivity contribution is -0.402. The van der Waals surface area contributed by atoms with E-state index in [1.165, 1.54) is 36.4 Å². The average molecular weight is 427 g/mol. The van der Waals surface area contributed by atoms with Gasteiger partial charge in [0.15, 0.2) is 0 Å². The first kappa shape index (κ1) is 20.1. The van der Waals surface area contributed by atoms with E-state index in [9.17, 15) is 28.1 Å². The summed E-state index contributed by atoms with van der Waals surface area (Å²) in [5.41, 5.74) is -1.15. The second-order valence-corrected chi connectivity index (χ2v) is 6.44. The summed E-state index contributed by atoms with van der Waals surface area (Å²) in [5, 5.41) is 11.0. The highest BCUT2D eigenvalue weighted by atomic mass is 19.4. The van der Waals surface area contributed by atoms with Gasteiger partial charge in [0.2, 0.25) is 0 Å². The summed E-state index contributed by atoms with van der Waals surface area (Å²) in [6.45, 7) is 0. The minimum absolute atomic E-state index is 0.0249. The molecule has 0 unspecified atom stereocenters. The molecule has 2 heterocycles. The second kappa shape index (κ2) is 7.56. The van der Waals surface area contributed by atoms with Crippen LogP contribution in [0, 0.1) is 10.1 Å². The van der Waals surface area contributed by atoms with Gasteiger partial charge in [-0.2, -0.15) is 13.2 Å². The average Bonchev–Trinajstić information content (AvgIpc) is 3.21. The number of furan rings is 1. The normalized spacial score (nSPS) is 12.0. The fourth-order valence-corrected chi connectivity index (χ4v) is 3.02. The van der Waals surface area contributed by atoms with Crippen molar-refractivity contribution in [3.8, 4) is 5.69 Å². The molecule has 10 heteroatoms. The number of halogens is 3. The fraction of sp³-hybridized carbons (Fsp3) is 0.0476. The van der Waals surface area contributed by atoms with Gasteiger partial charge in [-0.05, 0) is 48.6 Å². The molecule has 2 aromatic carbocycles. The van der Waals surface area contributed by atoms with Crippen LogP contribution in [0.1, 0.15) is 17.1 Å². The Morgan fingerprint density at radius 3 is 2.52 bits per heavy atom. The third kappa shape index (κ3) is 3.95. The Balaban J connectivity index is 1.91. The molecule has 0 N–H and O–H groups in total. The standard InChI is InChI=1S/C21H12F3N3O4/c22-21(23,24)13-4-3-5-14(12-13)26-18(10-8-15-9-11-19(31-15)27(29)30)25-17-7-2-1-6-16(17)20(26)28/h1-12H/b10-8+. The molecule has 156 valence electrons. The summed E-state index contributed by atoms with van der Waals surface area (Å²) in [5.74, 6) is -0.326. The van der Waals surface area contributed by atoms with Crippen molar-refractivity contribution in [1.29, 1.82) is 0 Å². The van der Waals surface area contributed by atoms with Gasteiger partial charge >= 0.3 is 12.1 Å². The van der Waals surface area contributed by atoms with Gasteiger partial charge in [0.05, 0.1) is 28.2 Å². The van der Waals surface area contributed by atoms with E-state index in [4.69, 9.17) is 4.42 Å². The van der Waals surface area contributed by atoms with Crippen molar-refractivity contribution in [2.24, 2.45) is 0 Å². The smallest absolute Gasteiger partial charge is 0.401 e. The van der Waals surface area contributed by atoms with Gasteiger partial charge < -0.3 is 4.42 Å². The van der Waals surface area contributed by atoms with Crippen LogP contribution >= 0.6 is 0 Å². The lowest BCUT2D eigenvalue weighted by Gasteiger charge is -2.13. The molecule has 0 saturated carbocycles. The molecule has 4 aromatic rings. The second-order valence-electron chi connectivity index (χ2n) is 6.44. The van der Waals surface area contributed by atoms with Gasteiger partial charge in [0.1, 0.15) is 16.5 Å². The number of hydrogen-bond donors (Lipinski definition) is 0. The molecule has 0 bridgehead atoms. The van der Waals surface area contributed by atoms with E-state index < -0.39 is 28.1 Å². The van der Waals surface area contributed by atoms with Crippen molar-refractivity contribution >= 4 is 28.9 Å². The van der Waals surface area contributed by atoms with Crippen molar-refractivity contribution in [1.82, 2.24) is 9.55 Å². The maximum Gasteiger partial charge on any atom is 0.433 e. The summed E-state index contributed by atoms with van der Waals surface area (Å²) in [6, 6.07) is 13.3. The number of para-hydroxylation sites is 1. The number of nitro groups is 1. The van der Waals surface area contributed by atoms with Crippen molar-refractivity contribution in [2.45, 2.75) is 6.18 Å². The molecule has 0 amide bonds. The molecule has 0 aliphatic heterocycles. The first-order valence-corrected chi connectivity index (χ1v) is 8.86. The van der Waals surface area contributed by atoms with Crippen LogP contribution in [0.2, 0.25) is 0 Å². The highest BCUT2D eigenvalue weighted by molar-refractivity contribution is 5.79. The number of benzene rings is 2. The van der Waals surface area contributed by atoms with Crippen LogP contribution in [0.25, 0.3) is 28.7 Å². The first-order valence-electron chi connectivity index (χ1n) is 8.86. The van der Waals surface area contributed by atoms with Crippen molar-refractivity contribution < 1.29 is 22.5 Å². The molecule has 0 saturated heterocycles. The van der Waals surface area contributed by atoms with Gasteiger partial charge in [0.25, 0.3) is 5.56 Å². The van der Waals surface area contributed by atoms with Gasteiger partial charge in [-0.25, -0.2) is 4.98 Å². The number of aromatic nitrogens is 2. The van der Waals surface area contributed by atoms with Gasteiger partial charge in [-0.1, -0.05) is 18.2 Å². The Labute approximate surface area is 171 Å². The Morgan fingerprint density at radius 1 is 1.03 bits per heavy atom. The van der Waals surface area contributed by atoms with Gasteiger partial charge in [-0.3, -0.25) is 19.5 Å². The van der Waals surface area contributed by atoms with E-state index in [1.807, 2.05) is 0 Å². The van der Waals surface area contributed by atoms with Crippen LogP contribution in [-0.2, 0) is 6.18 Å². The first-order chi connectivity index (χ1) is 14.7. The van der Waals surface area contributed by atoms with E-state index in [-0.39, 0.29) is 22.7 Å². The molecule has 7 nitrogen and oxygen atoms in total. The maximum absolute atomic E-state index is 13.2. The monoisotopic (exact) mass is 427 g/mol. The summed E-state index contributed by atoms with van der Waals surface area (Å²) in [7, 11) is 0. The predicted molar refractivity (Wildman–Crippen MR) is 107 cm³/mol. The summed E-state index contributed by atoms with van der Waals surface area (Å²) >= 11 is 0. The quantitative estimate of drug-likeness (QED) is 0.335. The highest BCUT2D eigenvalue weighted by Crippen LogP contribution is 2.30. The Hall–Kier alpha value is -4.21. The molecule has 4 rings (SSSR count). The molecule has 0 aliphatic carbocycles. The van der Waals surface area contributed by atoms with Crippen LogP contribution in [-0.4, -0.2) is 14.5 Å². The number of fused-ring (bicyclic) bond motifs is 1. The van der Waals surface area contributed by atoms with E-state index in [1.54, 1.807) is 18.2 Å². The van der Waals surface area contributed by atoms with Gasteiger partial charge in [-0.15, -0.1) is 0 Å². The molecule has 0 fully saturated rings. The molecule has 2 aromatic heterocycles. The molecule has 0 spiro atoms. The van der Waals surface area contributed by atoms with Crippen molar-refractivity contribution in [3.05, 3.63) is 98.3 Å². The largest absolute Gasteiger partial charge is 0.433 e. The Kier molecular flexibility index (Phi) is 4.90. The summed E-state index contributed by atoms with van der Waals surface area (Å²) in [4.78, 5) is 27.6. The van der Waals surface area contributed by atoms with Crippen LogP contribution in [0.15, 0.2) is 69.9 Å². The van der Waals surface area contributed by atoms with E-state index in [2.05, 4.69) is 4.98 Å². The zero-order chi connectivity index (χ0) is 22.2. The lowest BCUT2D eigenvalue weighted by atomic mass is 10.1. The number of alkyl halides is 3. The topological polar surface area (TPSA) is 91.2 Å². The molecule has 31 heavy (non-hydrogen) atoms. The Morgan fingerprint density at radius 2 is 1.81 bits per heavy atom. The zero-order valence-electron chi connectivity index (χ0n) is 15.5. The number of hydrogen-bond acceptors (Lipinski definition) is 5. The van der Waals surface area contributed by atoms with Crippen LogP contribution < -0.4 is 5.56 Å². The van der Waals surface area contributed by atoms with Crippen molar-refractivity contribution in [2.75, 3.05) is 0 Å². The summed E-state index contributed by atoms with van der Waals surface area (Å²) < 4.78 is 45.7.